The van der Waals surface area contributed by atoms with Crippen LogP contribution in [0.4, 0.5) is 20.2 Å². The molecule has 2 amide bonds. The number of benzene rings is 2. The van der Waals surface area contributed by atoms with Crippen LogP contribution in [0.1, 0.15) is 22.8 Å². The summed E-state index contributed by atoms with van der Waals surface area (Å²) in [6, 6.07) is 7.70. The summed E-state index contributed by atoms with van der Waals surface area (Å²) in [6.45, 7) is 3.08. The van der Waals surface area contributed by atoms with Crippen molar-refractivity contribution in [2.24, 2.45) is 0 Å². The Morgan fingerprint density at radius 2 is 1.64 bits per heavy atom. The molecule has 0 atom stereocenters. The Morgan fingerprint density at radius 1 is 1.00 bits per heavy atom. The summed E-state index contributed by atoms with van der Waals surface area (Å²) < 4.78 is 26.5. The highest BCUT2D eigenvalue weighted by Gasteiger charge is 2.14. The Kier molecular flexibility index (Phi) is 4.50. The molecule has 0 aliphatic rings. The van der Waals surface area contributed by atoms with Gasteiger partial charge in [0.1, 0.15) is 11.6 Å². The van der Waals surface area contributed by atoms with E-state index in [4.69, 9.17) is 0 Å². The lowest BCUT2D eigenvalue weighted by atomic mass is 10.1. The molecule has 0 fully saturated rings. The minimum atomic E-state index is -0.937. The minimum absolute atomic E-state index is 0.240. The molecule has 2 rings (SSSR count). The smallest absolute Gasteiger partial charge is 0.258 e. The molecule has 2 aromatic rings. The van der Waals surface area contributed by atoms with Crippen molar-refractivity contribution in [2.45, 2.75) is 13.8 Å². The highest BCUT2D eigenvalue weighted by molar-refractivity contribution is 6.05. The van der Waals surface area contributed by atoms with Gasteiger partial charge in [0.15, 0.2) is 0 Å². The molecule has 2 aromatic carbocycles. The van der Waals surface area contributed by atoms with E-state index in [0.29, 0.717) is 23.0 Å². The van der Waals surface area contributed by atoms with Crippen molar-refractivity contribution in [3.8, 4) is 0 Å². The maximum Gasteiger partial charge on any atom is 0.258 e. The summed E-state index contributed by atoms with van der Waals surface area (Å²) in [4.78, 5) is 23.2. The molecule has 4 nitrogen and oxygen atoms in total. The maximum absolute atomic E-state index is 13.6. The summed E-state index contributed by atoms with van der Waals surface area (Å²) in [6.07, 6.45) is 0. The molecule has 0 aliphatic heterocycles. The molecule has 0 saturated carbocycles. The molecule has 114 valence electrons. The molecule has 0 spiro atoms. The van der Waals surface area contributed by atoms with Crippen molar-refractivity contribution in [2.75, 3.05) is 10.6 Å². The van der Waals surface area contributed by atoms with Crippen molar-refractivity contribution in [1.29, 1.82) is 0 Å². The van der Waals surface area contributed by atoms with Gasteiger partial charge in [-0.2, -0.15) is 0 Å². The van der Waals surface area contributed by atoms with E-state index in [0.717, 1.165) is 12.1 Å². The fourth-order valence-electron chi connectivity index (χ4n) is 1.96. The van der Waals surface area contributed by atoms with Gasteiger partial charge in [0.05, 0.1) is 5.56 Å². The van der Waals surface area contributed by atoms with Gasteiger partial charge in [-0.1, -0.05) is 6.07 Å². The molecule has 6 heteroatoms. The van der Waals surface area contributed by atoms with Gasteiger partial charge in [-0.15, -0.1) is 0 Å². The average Bonchev–Trinajstić information content (AvgIpc) is 2.42. The van der Waals surface area contributed by atoms with Crippen LogP contribution in [0.3, 0.4) is 0 Å². The van der Waals surface area contributed by atoms with Crippen LogP contribution < -0.4 is 10.6 Å². The van der Waals surface area contributed by atoms with E-state index in [1.54, 1.807) is 25.1 Å². The lowest BCUT2D eigenvalue weighted by Crippen LogP contribution is -2.15. The third-order valence-corrected chi connectivity index (χ3v) is 3.07. The first-order chi connectivity index (χ1) is 10.4. The van der Waals surface area contributed by atoms with Gasteiger partial charge < -0.3 is 10.6 Å². The first-order valence-corrected chi connectivity index (χ1v) is 6.52. The minimum Gasteiger partial charge on any atom is -0.326 e. The molecule has 22 heavy (non-hydrogen) atoms. The van der Waals surface area contributed by atoms with Crippen molar-refractivity contribution in [1.82, 2.24) is 0 Å². The first kappa shape index (κ1) is 15.6. The van der Waals surface area contributed by atoms with E-state index < -0.39 is 17.5 Å². The molecule has 0 unspecified atom stereocenters. The topological polar surface area (TPSA) is 58.2 Å². The molecule has 0 radical (unpaired) electrons. The summed E-state index contributed by atoms with van der Waals surface area (Å²) in [5, 5.41) is 5.18. The van der Waals surface area contributed by atoms with Crippen molar-refractivity contribution in [3.05, 3.63) is 59.2 Å². The Hall–Kier alpha value is -2.76. The van der Waals surface area contributed by atoms with Gasteiger partial charge in [0, 0.05) is 24.4 Å². The molecular formula is C16H14F2N2O2. The summed E-state index contributed by atoms with van der Waals surface area (Å²) in [5.41, 5.74) is 1.35. The SMILES string of the molecule is CC(=O)Nc1cccc(NC(=O)c2ccc(F)cc2F)c1C. The first-order valence-electron chi connectivity index (χ1n) is 6.52. The predicted molar refractivity (Wildman–Crippen MR) is 79.8 cm³/mol. The number of anilines is 2. The van der Waals surface area contributed by atoms with E-state index in [1.165, 1.54) is 6.92 Å². The fourth-order valence-corrected chi connectivity index (χ4v) is 1.96. The number of hydrogen-bond donors (Lipinski definition) is 2. The van der Waals surface area contributed by atoms with Crippen LogP contribution in [-0.4, -0.2) is 11.8 Å². The molecule has 0 aliphatic carbocycles. The quantitative estimate of drug-likeness (QED) is 0.912. The zero-order valence-corrected chi connectivity index (χ0v) is 12.0. The zero-order valence-electron chi connectivity index (χ0n) is 12.0. The molecule has 0 aromatic heterocycles. The van der Waals surface area contributed by atoms with Gasteiger partial charge in [-0.25, -0.2) is 8.78 Å². The van der Waals surface area contributed by atoms with Gasteiger partial charge in [-0.05, 0) is 36.8 Å². The normalized spacial score (nSPS) is 10.2. The predicted octanol–water partition coefficient (Wildman–Crippen LogP) is 3.48. The van der Waals surface area contributed by atoms with Gasteiger partial charge in [0.2, 0.25) is 5.91 Å². The summed E-state index contributed by atoms with van der Waals surface area (Å²) in [7, 11) is 0. The monoisotopic (exact) mass is 304 g/mol. The molecule has 0 bridgehead atoms. The summed E-state index contributed by atoms with van der Waals surface area (Å²) in [5.74, 6) is -2.62. The number of carbonyl (C=O) groups excluding carboxylic acids is 2. The van der Waals surface area contributed by atoms with Gasteiger partial charge in [0.25, 0.3) is 5.91 Å². The van der Waals surface area contributed by atoms with Crippen LogP contribution >= 0.6 is 0 Å². The van der Waals surface area contributed by atoms with Crippen LogP contribution in [0, 0.1) is 18.6 Å². The largest absolute Gasteiger partial charge is 0.326 e. The Morgan fingerprint density at radius 3 is 2.23 bits per heavy atom. The van der Waals surface area contributed by atoms with Crippen LogP contribution in [0.2, 0.25) is 0 Å². The van der Waals surface area contributed by atoms with Crippen LogP contribution in [-0.2, 0) is 4.79 Å². The van der Waals surface area contributed by atoms with E-state index in [2.05, 4.69) is 10.6 Å². The number of hydrogen-bond acceptors (Lipinski definition) is 2. The molecule has 0 saturated heterocycles. The molecule has 2 N–H and O–H groups in total. The highest BCUT2D eigenvalue weighted by Crippen LogP contribution is 2.24. The van der Waals surface area contributed by atoms with Crippen LogP contribution in [0.15, 0.2) is 36.4 Å². The van der Waals surface area contributed by atoms with Gasteiger partial charge >= 0.3 is 0 Å². The lowest BCUT2D eigenvalue weighted by molar-refractivity contribution is -0.114. The second-order valence-electron chi connectivity index (χ2n) is 4.74. The van der Waals surface area contributed by atoms with Crippen LogP contribution in [0.25, 0.3) is 0 Å². The van der Waals surface area contributed by atoms with E-state index in [9.17, 15) is 18.4 Å². The number of halogens is 2. The van der Waals surface area contributed by atoms with Crippen molar-refractivity contribution in [3.63, 3.8) is 0 Å². The van der Waals surface area contributed by atoms with Gasteiger partial charge in [-0.3, -0.25) is 9.59 Å². The average molecular weight is 304 g/mol. The zero-order chi connectivity index (χ0) is 16.3. The standard InChI is InChI=1S/C16H14F2N2O2/c1-9-14(19-10(2)21)4-3-5-15(9)20-16(22)12-7-6-11(17)8-13(12)18/h3-8H,1-2H3,(H,19,21)(H,20,22). The third-order valence-electron chi connectivity index (χ3n) is 3.07. The number of amides is 2. The lowest BCUT2D eigenvalue weighted by Gasteiger charge is -2.13. The second kappa shape index (κ2) is 6.34. The number of nitrogens with one attached hydrogen (secondary N) is 2. The fraction of sp³-hybridized carbons (Fsp3) is 0.125. The number of carbonyl (C=O) groups is 2. The Balaban J connectivity index is 2.27. The molecule has 0 heterocycles. The van der Waals surface area contributed by atoms with Crippen molar-refractivity contribution >= 4 is 23.2 Å². The highest BCUT2D eigenvalue weighted by atomic mass is 19.1. The van der Waals surface area contributed by atoms with E-state index >= 15 is 0 Å². The number of rotatable bonds is 3. The van der Waals surface area contributed by atoms with E-state index in [-0.39, 0.29) is 11.5 Å². The third kappa shape index (κ3) is 3.46. The Labute approximate surface area is 126 Å². The Bertz CT molecular complexity index is 745. The van der Waals surface area contributed by atoms with Crippen molar-refractivity contribution < 1.29 is 18.4 Å². The molecular weight excluding hydrogens is 290 g/mol. The van der Waals surface area contributed by atoms with Crippen LogP contribution in [0.5, 0.6) is 0 Å². The summed E-state index contributed by atoms with van der Waals surface area (Å²) >= 11 is 0. The maximum atomic E-state index is 13.6. The van der Waals surface area contributed by atoms with E-state index in [1.807, 2.05) is 0 Å². The second-order valence-corrected chi connectivity index (χ2v) is 4.74.